The van der Waals surface area contributed by atoms with E-state index in [9.17, 15) is 4.79 Å². The van der Waals surface area contributed by atoms with Crippen LogP contribution >= 0.6 is 0 Å². The maximum absolute atomic E-state index is 12.2. The van der Waals surface area contributed by atoms with Crippen LogP contribution in [0.2, 0.25) is 0 Å². The molecule has 0 atom stereocenters. The SMILES string of the molecule is Cc1ccc(Nc2cc(C)nc(Nc3ccc(NC(=O)c4ccccn4)cc3)n2)cc1. The third kappa shape index (κ3) is 5.42. The zero-order chi connectivity index (χ0) is 21.6. The van der Waals surface area contributed by atoms with E-state index in [2.05, 4.69) is 37.8 Å². The van der Waals surface area contributed by atoms with E-state index in [1.165, 1.54) is 5.56 Å². The molecular weight excluding hydrogens is 388 g/mol. The van der Waals surface area contributed by atoms with Gasteiger partial charge in [0, 0.05) is 35.0 Å². The lowest BCUT2D eigenvalue weighted by Crippen LogP contribution is -2.13. The number of nitrogens with zero attached hydrogens (tertiary/aromatic N) is 3. The molecule has 0 aliphatic heterocycles. The minimum absolute atomic E-state index is 0.254. The lowest BCUT2D eigenvalue weighted by Gasteiger charge is -2.11. The van der Waals surface area contributed by atoms with Gasteiger partial charge in [-0.25, -0.2) is 4.98 Å². The number of pyridine rings is 1. The molecule has 7 heteroatoms. The molecule has 4 aromatic rings. The first-order valence-corrected chi connectivity index (χ1v) is 9.84. The van der Waals surface area contributed by atoms with Gasteiger partial charge in [0.2, 0.25) is 5.95 Å². The fourth-order valence-electron chi connectivity index (χ4n) is 2.93. The van der Waals surface area contributed by atoms with Crippen molar-refractivity contribution in [3.8, 4) is 0 Å². The molecule has 0 spiro atoms. The summed E-state index contributed by atoms with van der Waals surface area (Å²) in [6.45, 7) is 3.97. The van der Waals surface area contributed by atoms with Gasteiger partial charge in [-0.2, -0.15) is 4.98 Å². The molecule has 154 valence electrons. The second-order valence-electron chi connectivity index (χ2n) is 7.08. The Morgan fingerprint density at radius 2 is 1.45 bits per heavy atom. The van der Waals surface area contributed by atoms with Gasteiger partial charge in [-0.1, -0.05) is 23.8 Å². The van der Waals surface area contributed by atoms with Crippen LogP contribution in [0.1, 0.15) is 21.7 Å². The number of amides is 1. The quantitative estimate of drug-likeness (QED) is 0.403. The Labute approximate surface area is 180 Å². The Kier molecular flexibility index (Phi) is 5.84. The lowest BCUT2D eigenvalue weighted by molar-refractivity contribution is 0.102. The van der Waals surface area contributed by atoms with E-state index in [4.69, 9.17) is 0 Å². The number of hydrogen-bond donors (Lipinski definition) is 3. The number of aryl methyl sites for hydroxylation is 2. The van der Waals surface area contributed by atoms with Crippen molar-refractivity contribution in [2.24, 2.45) is 0 Å². The zero-order valence-electron chi connectivity index (χ0n) is 17.3. The summed E-state index contributed by atoms with van der Waals surface area (Å²) in [5.41, 5.74) is 4.85. The van der Waals surface area contributed by atoms with Crippen molar-refractivity contribution in [3.05, 3.63) is 95.9 Å². The van der Waals surface area contributed by atoms with Crippen LogP contribution < -0.4 is 16.0 Å². The van der Waals surface area contributed by atoms with E-state index in [1.807, 2.05) is 61.5 Å². The number of nitrogens with one attached hydrogen (secondary N) is 3. The third-order valence-corrected chi connectivity index (χ3v) is 4.47. The van der Waals surface area contributed by atoms with Crippen LogP contribution in [0, 0.1) is 13.8 Å². The summed E-state index contributed by atoms with van der Waals surface area (Å²) >= 11 is 0. The lowest BCUT2D eigenvalue weighted by atomic mass is 10.2. The van der Waals surface area contributed by atoms with Crippen molar-refractivity contribution in [1.82, 2.24) is 15.0 Å². The summed E-state index contributed by atoms with van der Waals surface area (Å²) in [4.78, 5) is 25.3. The average Bonchev–Trinajstić information content (AvgIpc) is 2.77. The molecule has 0 aliphatic rings. The smallest absolute Gasteiger partial charge is 0.274 e. The maximum atomic E-state index is 12.2. The standard InChI is InChI=1S/C24H22N6O/c1-16-6-8-18(9-7-16)27-22-15-17(2)26-24(30-22)29-20-12-10-19(11-13-20)28-23(31)21-5-3-4-14-25-21/h3-15H,1-2H3,(H,28,31)(H2,26,27,29,30). The molecule has 0 saturated heterocycles. The third-order valence-electron chi connectivity index (χ3n) is 4.47. The second-order valence-corrected chi connectivity index (χ2v) is 7.08. The highest BCUT2D eigenvalue weighted by molar-refractivity contribution is 6.02. The highest BCUT2D eigenvalue weighted by Crippen LogP contribution is 2.21. The van der Waals surface area contributed by atoms with E-state index in [0.717, 1.165) is 17.1 Å². The molecule has 3 N–H and O–H groups in total. The maximum Gasteiger partial charge on any atom is 0.274 e. The van der Waals surface area contributed by atoms with Gasteiger partial charge in [0.15, 0.2) is 0 Å². The molecule has 0 fully saturated rings. The van der Waals surface area contributed by atoms with E-state index in [-0.39, 0.29) is 5.91 Å². The first-order valence-electron chi connectivity index (χ1n) is 9.84. The normalized spacial score (nSPS) is 10.4. The van der Waals surface area contributed by atoms with Crippen LogP contribution in [-0.4, -0.2) is 20.9 Å². The first-order chi connectivity index (χ1) is 15.0. The number of rotatable bonds is 6. The van der Waals surface area contributed by atoms with Gasteiger partial charge in [-0.3, -0.25) is 9.78 Å². The van der Waals surface area contributed by atoms with Crippen molar-refractivity contribution in [2.75, 3.05) is 16.0 Å². The Morgan fingerprint density at radius 1 is 0.774 bits per heavy atom. The molecule has 0 saturated carbocycles. The fourth-order valence-corrected chi connectivity index (χ4v) is 2.93. The summed E-state index contributed by atoms with van der Waals surface area (Å²) in [5, 5.41) is 9.33. The monoisotopic (exact) mass is 410 g/mol. The van der Waals surface area contributed by atoms with E-state index in [0.29, 0.717) is 23.1 Å². The van der Waals surface area contributed by atoms with Crippen LogP contribution in [0.3, 0.4) is 0 Å². The van der Waals surface area contributed by atoms with Crippen molar-refractivity contribution in [2.45, 2.75) is 13.8 Å². The predicted octanol–water partition coefficient (Wildman–Crippen LogP) is 5.23. The molecule has 0 aliphatic carbocycles. The fraction of sp³-hybridized carbons (Fsp3) is 0.0833. The number of benzene rings is 2. The van der Waals surface area contributed by atoms with E-state index < -0.39 is 0 Å². The van der Waals surface area contributed by atoms with Crippen molar-refractivity contribution < 1.29 is 4.79 Å². The predicted molar refractivity (Wildman–Crippen MR) is 123 cm³/mol. The zero-order valence-corrected chi connectivity index (χ0v) is 17.3. The molecule has 0 unspecified atom stereocenters. The van der Waals surface area contributed by atoms with E-state index in [1.54, 1.807) is 24.4 Å². The topological polar surface area (TPSA) is 91.8 Å². The summed E-state index contributed by atoms with van der Waals surface area (Å²) in [6, 6.07) is 22.5. The van der Waals surface area contributed by atoms with Gasteiger partial charge in [0.25, 0.3) is 5.91 Å². The molecule has 1 amide bonds. The summed E-state index contributed by atoms with van der Waals surface area (Å²) in [7, 11) is 0. The van der Waals surface area contributed by atoms with Crippen molar-refractivity contribution in [1.29, 1.82) is 0 Å². The van der Waals surface area contributed by atoms with Crippen molar-refractivity contribution in [3.63, 3.8) is 0 Å². The number of aromatic nitrogens is 3. The van der Waals surface area contributed by atoms with Crippen molar-refractivity contribution >= 4 is 34.7 Å². The average molecular weight is 410 g/mol. The minimum atomic E-state index is -0.254. The molecule has 4 rings (SSSR count). The van der Waals surface area contributed by atoms with Gasteiger partial charge < -0.3 is 16.0 Å². The number of hydrogen-bond acceptors (Lipinski definition) is 6. The van der Waals surface area contributed by atoms with Crippen LogP contribution in [0.25, 0.3) is 0 Å². The highest BCUT2D eigenvalue weighted by atomic mass is 16.1. The summed E-state index contributed by atoms with van der Waals surface area (Å²) in [5.74, 6) is 0.938. The Bertz CT molecular complexity index is 1180. The van der Waals surface area contributed by atoms with Crippen LogP contribution in [0.15, 0.2) is 79.0 Å². The molecule has 31 heavy (non-hydrogen) atoms. The first kappa shape index (κ1) is 20.0. The molecule has 7 nitrogen and oxygen atoms in total. The second kappa shape index (κ2) is 9.04. The van der Waals surface area contributed by atoms with Crippen LogP contribution in [0.5, 0.6) is 0 Å². The van der Waals surface area contributed by atoms with Gasteiger partial charge in [-0.05, 0) is 62.4 Å². The summed E-state index contributed by atoms with van der Waals surface area (Å²) in [6.07, 6.45) is 1.59. The molecule has 2 aromatic heterocycles. The van der Waals surface area contributed by atoms with E-state index >= 15 is 0 Å². The largest absolute Gasteiger partial charge is 0.340 e. The Morgan fingerprint density at radius 3 is 2.16 bits per heavy atom. The van der Waals surface area contributed by atoms with Gasteiger partial charge >= 0.3 is 0 Å². The number of carbonyl (C=O) groups excluding carboxylic acids is 1. The minimum Gasteiger partial charge on any atom is -0.340 e. The summed E-state index contributed by atoms with van der Waals surface area (Å²) < 4.78 is 0. The molecule has 2 aromatic carbocycles. The molecule has 0 radical (unpaired) electrons. The van der Waals surface area contributed by atoms with Gasteiger partial charge in [0.05, 0.1) is 0 Å². The molecule has 2 heterocycles. The van der Waals surface area contributed by atoms with Gasteiger partial charge in [-0.15, -0.1) is 0 Å². The Hall–Kier alpha value is -4.26. The highest BCUT2D eigenvalue weighted by Gasteiger charge is 2.07. The number of anilines is 5. The number of carbonyl (C=O) groups is 1. The molecule has 0 bridgehead atoms. The Balaban J connectivity index is 1.43. The van der Waals surface area contributed by atoms with Gasteiger partial charge in [0.1, 0.15) is 11.5 Å². The van der Waals surface area contributed by atoms with Crippen LogP contribution in [0.4, 0.5) is 28.8 Å². The molecular formula is C24H22N6O. The van der Waals surface area contributed by atoms with Crippen LogP contribution in [-0.2, 0) is 0 Å².